The molecule has 0 aliphatic rings. The molecule has 0 radical (unpaired) electrons. The molecule has 0 aliphatic heterocycles. The van der Waals surface area contributed by atoms with Crippen LogP contribution in [0, 0.1) is 5.92 Å². The van der Waals surface area contributed by atoms with Crippen molar-refractivity contribution in [3.8, 4) is 0 Å². The highest BCUT2D eigenvalue weighted by molar-refractivity contribution is 5.63. The van der Waals surface area contributed by atoms with E-state index >= 15 is 0 Å². The van der Waals surface area contributed by atoms with Crippen LogP contribution in [0.2, 0.25) is 0 Å². The summed E-state index contributed by atoms with van der Waals surface area (Å²) in [5, 5.41) is 10.2. The monoisotopic (exact) mass is 295 g/mol. The number of allylic oxidation sites excluding steroid dienone is 2. The second-order valence-electron chi connectivity index (χ2n) is 6.29. The summed E-state index contributed by atoms with van der Waals surface area (Å²) in [7, 11) is 0. The average molecular weight is 295 g/mol. The van der Waals surface area contributed by atoms with Crippen molar-refractivity contribution < 1.29 is 9.90 Å². The molecule has 0 aromatic rings. The largest absolute Gasteiger partial charge is 0.550 e. The maximum absolute atomic E-state index is 10.2. The van der Waals surface area contributed by atoms with Crippen molar-refractivity contribution in [2.24, 2.45) is 5.92 Å². The maximum atomic E-state index is 10.2. The fourth-order valence-corrected chi connectivity index (χ4v) is 2.56. The van der Waals surface area contributed by atoms with Crippen molar-refractivity contribution in [3.63, 3.8) is 0 Å². The summed E-state index contributed by atoms with van der Waals surface area (Å²) >= 11 is 0. The van der Waals surface area contributed by atoms with Gasteiger partial charge in [-0.25, -0.2) is 0 Å². The van der Waals surface area contributed by atoms with Gasteiger partial charge >= 0.3 is 0 Å². The Morgan fingerprint density at radius 1 is 0.952 bits per heavy atom. The molecule has 0 saturated heterocycles. The van der Waals surface area contributed by atoms with Gasteiger partial charge in [0.05, 0.1) is 0 Å². The first-order chi connectivity index (χ1) is 10.2. The number of carboxylic acid groups (broad SMARTS) is 1. The zero-order chi connectivity index (χ0) is 15.8. The Balaban J connectivity index is 3.24. The molecule has 1 unspecified atom stereocenters. The molecule has 0 aromatic heterocycles. The first kappa shape index (κ1) is 20.2. The first-order valence-corrected chi connectivity index (χ1v) is 9.03. The molecule has 21 heavy (non-hydrogen) atoms. The number of carbonyl (C=O) groups is 1. The number of hydrogen-bond acceptors (Lipinski definition) is 2. The predicted octanol–water partition coefficient (Wildman–Crippen LogP) is 5.02. The van der Waals surface area contributed by atoms with Crippen LogP contribution in [0.1, 0.15) is 97.3 Å². The molecule has 2 nitrogen and oxygen atoms in total. The van der Waals surface area contributed by atoms with E-state index in [0.717, 1.165) is 18.8 Å². The lowest BCUT2D eigenvalue weighted by atomic mass is 10.0. The number of carbonyl (C=O) groups excluding carboxylic acids is 1. The normalized spacial score (nSPS) is 12.9. The summed E-state index contributed by atoms with van der Waals surface area (Å²) in [6.07, 6.45) is 19.6. The Labute approximate surface area is 132 Å². The van der Waals surface area contributed by atoms with Gasteiger partial charge in [0.1, 0.15) is 0 Å². The van der Waals surface area contributed by atoms with E-state index in [1.807, 2.05) is 0 Å². The summed E-state index contributed by atoms with van der Waals surface area (Å²) in [5.41, 5.74) is 0. The van der Waals surface area contributed by atoms with Crippen LogP contribution in [0.4, 0.5) is 0 Å². The lowest BCUT2D eigenvalue weighted by Gasteiger charge is -2.06. The van der Waals surface area contributed by atoms with E-state index in [-0.39, 0.29) is 6.42 Å². The van der Waals surface area contributed by atoms with Crippen molar-refractivity contribution in [2.45, 2.75) is 97.3 Å². The van der Waals surface area contributed by atoms with Crippen LogP contribution < -0.4 is 5.11 Å². The van der Waals surface area contributed by atoms with Crippen LogP contribution in [-0.4, -0.2) is 5.97 Å². The lowest BCUT2D eigenvalue weighted by molar-refractivity contribution is -0.305. The Hall–Kier alpha value is -0.790. The highest BCUT2D eigenvalue weighted by atomic mass is 16.4. The molecule has 0 heterocycles. The highest BCUT2D eigenvalue weighted by Gasteiger charge is 1.97. The fraction of sp³-hybridized carbons (Fsp3) is 0.842. The molecule has 2 heteroatoms. The minimum atomic E-state index is -0.910. The van der Waals surface area contributed by atoms with Crippen molar-refractivity contribution in [2.75, 3.05) is 0 Å². The van der Waals surface area contributed by atoms with Crippen LogP contribution in [0.5, 0.6) is 0 Å². The molecule has 0 N–H and O–H groups in total. The SMILES string of the molecule is CCCCC/C=C/C(C)CCCCCCCCCC(=O)[O-]. The quantitative estimate of drug-likeness (QED) is 0.314. The summed E-state index contributed by atoms with van der Waals surface area (Å²) in [4.78, 5) is 10.2. The Kier molecular flexibility index (Phi) is 15.0. The van der Waals surface area contributed by atoms with Gasteiger partial charge in [0, 0.05) is 5.97 Å². The standard InChI is InChI=1S/C19H36O2/c1-3-4-5-9-12-15-18(2)16-13-10-7-6-8-11-14-17-19(20)21/h12,15,18H,3-11,13-14,16-17H2,1-2H3,(H,20,21)/p-1/b15-12+. The van der Waals surface area contributed by atoms with E-state index in [0.29, 0.717) is 0 Å². The summed E-state index contributed by atoms with van der Waals surface area (Å²) in [6.45, 7) is 4.56. The highest BCUT2D eigenvalue weighted by Crippen LogP contribution is 2.14. The summed E-state index contributed by atoms with van der Waals surface area (Å²) in [6, 6.07) is 0. The summed E-state index contributed by atoms with van der Waals surface area (Å²) in [5.74, 6) is -0.193. The minimum absolute atomic E-state index is 0.224. The zero-order valence-corrected chi connectivity index (χ0v) is 14.2. The smallest absolute Gasteiger partial charge is 0.0414 e. The van der Waals surface area contributed by atoms with Crippen LogP contribution in [0.15, 0.2) is 12.2 Å². The van der Waals surface area contributed by atoms with Crippen molar-refractivity contribution in [1.82, 2.24) is 0 Å². The van der Waals surface area contributed by atoms with E-state index in [1.165, 1.54) is 64.2 Å². The number of rotatable bonds is 15. The van der Waals surface area contributed by atoms with Crippen LogP contribution in [0.3, 0.4) is 0 Å². The lowest BCUT2D eigenvalue weighted by Crippen LogP contribution is -2.21. The third-order valence-electron chi connectivity index (χ3n) is 3.98. The third kappa shape index (κ3) is 17.2. The molecule has 0 saturated carbocycles. The topological polar surface area (TPSA) is 40.1 Å². The average Bonchev–Trinajstić information content (AvgIpc) is 2.45. The molecule has 0 amide bonds. The number of hydrogen-bond donors (Lipinski definition) is 0. The van der Waals surface area contributed by atoms with Gasteiger partial charge < -0.3 is 9.90 Å². The molecule has 1 atom stereocenters. The second kappa shape index (κ2) is 15.6. The molecular weight excluding hydrogens is 260 g/mol. The fourth-order valence-electron chi connectivity index (χ4n) is 2.56. The Morgan fingerprint density at radius 3 is 2.19 bits per heavy atom. The zero-order valence-electron chi connectivity index (χ0n) is 14.2. The Morgan fingerprint density at radius 2 is 1.57 bits per heavy atom. The van der Waals surface area contributed by atoms with Gasteiger partial charge in [-0.2, -0.15) is 0 Å². The maximum Gasteiger partial charge on any atom is 0.0414 e. The van der Waals surface area contributed by atoms with Crippen molar-refractivity contribution in [3.05, 3.63) is 12.2 Å². The van der Waals surface area contributed by atoms with Gasteiger partial charge in [-0.15, -0.1) is 0 Å². The number of aliphatic carboxylic acids is 1. The first-order valence-electron chi connectivity index (χ1n) is 9.03. The molecular formula is C19H35O2-. The van der Waals surface area contributed by atoms with Gasteiger partial charge in [0.25, 0.3) is 0 Å². The van der Waals surface area contributed by atoms with E-state index in [2.05, 4.69) is 26.0 Å². The molecule has 0 aliphatic carbocycles. The molecule has 0 bridgehead atoms. The molecule has 124 valence electrons. The van der Waals surface area contributed by atoms with Gasteiger partial charge in [-0.05, 0) is 38.0 Å². The Bertz CT molecular complexity index is 258. The predicted molar refractivity (Wildman–Crippen MR) is 89.0 cm³/mol. The van der Waals surface area contributed by atoms with Crippen LogP contribution in [0.25, 0.3) is 0 Å². The number of carboxylic acids is 1. The third-order valence-corrected chi connectivity index (χ3v) is 3.98. The van der Waals surface area contributed by atoms with Crippen LogP contribution in [-0.2, 0) is 4.79 Å². The van der Waals surface area contributed by atoms with E-state index in [4.69, 9.17) is 0 Å². The van der Waals surface area contributed by atoms with Crippen molar-refractivity contribution in [1.29, 1.82) is 0 Å². The molecule has 0 aromatic carbocycles. The van der Waals surface area contributed by atoms with E-state index < -0.39 is 5.97 Å². The van der Waals surface area contributed by atoms with Gasteiger partial charge in [0.2, 0.25) is 0 Å². The molecule has 0 spiro atoms. The van der Waals surface area contributed by atoms with Crippen LogP contribution >= 0.6 is 0 Å². The summed E-state index contributed by atoms with van der Waals surface area (Å²) < 4.78 is 0. The molecule has 0 fully saturated rings. The number of unbranched alkanes of at least 4 members (excludes halogenated alkanes) is 9. The van der Waals surface area contributed by atoms with E-state index in [1.54, 1.807) is 0 Å². The van der Waals surface area contributed by atoms with Gasteiger partial charge in [-0.1, -0.05) is 77.4 Å². The minimum Gasteiger partial charge on any atom is -0.550 e. The van der Waals surface area contributed by atoms with Crippen molar-refractivity contribution >= 4 is 5.97 Å². The second-order valence-corrected chi connectivity index (χ2v) is 6.29. The molecule has 0 rings (SSSR count). The van der Waals surface area contributed by atoms with Gasteiger partial charge in [-0.3, -0.25) is 0 Å². The van der Waals surface area contributed by atoms with E-state index in [9.17, 15) is 9.90 Å². The van der Waals surface area contributed by atoms with Gasteiger partial charge in [0.15, 0.2) is 0 Å².